The molecule has 0 bridgehead atoms. The molecule has 1 atom stereocenters. The molecule has 0 fully saturated rings. The molecule has 3 rings (SSSR count). The molecule has 0 radical (unpaired) electrons. The Hall–Kier alpha value is -2.93. The van der Waals surface area contributed by atoms with Gasteiger partial charge in [0.1, 0.15) is 11.8 Å². The standard InChI is InChI=1S/C21H23N3O3S/c1-13(2)18(22-17(25)12-27-15-9-5-4-6-10-15)20(26)24-21-23-19-14(3)8-7-11-16(19)28-21/h4-11,13,18H,12H2,1-3H3,(H,22,25)(H,23,24,26). The Morgan fingerprint density at radius 2 is 1.86 bits per heavy atom. The van der Waals surface area contributed by atoms with Crippen LogP contribution >= 0.6 is 11.3 Å². The van der Waals surface area contributed by atoms with Crippen LogP contribution in [-0.4, -0.2) is 29.4 Å². The smallest absolute Gasteiger partial charge is 0.258 e. The first kappa shape index (κ1) is 19.8. The van der Waals surface area contributed by atoms with Gasteiger partial charge in [0.2, 0.25) is 5.91 Å². The summed E-state index contributed by atoms with van der Waals surface area (Å²) in [6.45, 7) is 5.59. The van der Waals surface area contributed by atoms with Gasteiger partial charge in [0.25, 0.3) is 5.91 Å². The fourth-order valence-electron chi connectivity index (χ4n) is 2.74. The van der Waals surface area contributed by atoms with E-state index in [1.165, 1.54) is 11.3 Å². The first-order valence-electron chi connectivity index (χ1n) is 9.08. The third-order valence-corrected chi connectivity index (χ3v) is 5.17. The van der Waals surface area contributed by atoms with Gasteiger partial charge in [-0.25, -0.2) is 4.98 Å². The minimum atomic E-state index is -0.681. The van der Waals surface area contributed by atoms with Crippen molar-refractivity contribution in [1.29, 1.82) is 0 Å². The molecule has 7 heteroatoms. The Bertz CT molecular complexity index is 969. The third kappa shape index (κ3) is 4.86. The molecule has 0 spiro atoms. The second-order valence-electron chi connectivity index (χ2n) is 6.82. The summed E-state index contributed by atoms with van der Waals surface area (Å²) in [6, 6.07) is 14.3. The van der Waals surface area contributed by atoms with E-state index in [2.05, 4.69) is 15.6 Å². The van der Waals surface area contributed by atoms with E-state index >= 15 is 0 Å². The number of benzene rings is 2. The van der Waals surface area contributed by atoms with Crippen LogP contribution in [0.1, 0.15) is 19.4 Å². The Morgan fingerprint density at radius 3 is 2.54 bits per heavy atom. The van der Waals surface area contributed by atoms with Crippen LogP contribution in [-0.2, 0) is 9.59 Å². The number of carbonyl (C=O) groups is 2. The van der Waals surface area contributed by atoms with Gasteiger partial charge >= 0.3 is 0 Å². The number of para-hydroxylation sites is 2. The van der Waals surface area contributed by atoms with Crippen LogP contribution in [0.3, 0.4) is 0 Å². The molecule has 0 aliphatic heterocycles. The van der Waals surface area contributed by atoms with Crippen LogP contribution in [0.2, 0.25) is 0 Å². The van der Waals surface area contributed by atoms with E-state index in [1.807, 2.05) is 57.2 Å². The fourth-order valence-corrected chi connectivity index (χ4v) is 3.69. The zero-order valence-electron chi connectivity index (χ0n) is 16.1. The van der Waals surface area contributed by atoms with Crippen molar-refractivity contribution in [3.63, 3.8) is 0 Å². The zero-order chi connectivity index (χ0) is 20.1. The van der Waals surface area contributed by atoms with Gasteiger partial charge in [0, 0.05) is 0 Å². The lowest BCUT2D eigenvalue weighted by molar-refractivity contribution is -0.128. The largest absolute Gasteiger partial charge is 0.484 e. The highest BCUT2D eigenvalue weighted by Gasteiger charge is 2.25. The van der Waals surface area contributed by atoms with E-state index in [-0.39, 0.29) is 24.3 Å². The molecule has 1 unspecified atom stereocenters. The average Bonchev–Trinajstić information content (AvgIpc) is 3.09. The molecule has 28 heavy (non-hydrogen) atoms. The van der Waals surface area contributed by atoms with Crippen molar-refractivity contribution < 1.29 is 14.3 Å². The summed E-state index contributed by atoms with van der Waals surface area (Å²) in [5.74, 6) is -0.123. The molecule has 3 aromatic rings. The Morgan fingerprint density at radius 1 is 1.11 bits per heavy atom. The van der Waals surface area contributed by atoms with E-state index in [1.54, 1.807) is 12.1 Å². The van der Waals surface area contributed by atoms with Crippen molar-refractivity contribution in [3.8, 4) is 5.75 Å². The summed E-state index contributed by atoms with van der Waals surface area (Å²) in [4.78, 5) is 29.5. The minimum absolute atomic E-state index is 0.0863. The molecule has 0 saturated carbocycles. The van der Waals surface area contributed by atoms with Crippen LogP contribution < -0.4 is 15.4 Å². The molecular formula is C21H23N3O3S. The van der Waals surface area contributed by atoms with Crippen molar-refractivity contribution in [2.24, 2.45) is 5.92 Å². The van der Waals surface area contributed by atoms with Crippen LogP contribution in [0.25, 0.3) is 10.2 Å². The predicted octanol–water partition coefficient (Wildman–Crippen LogP) is 3.76. The van der Waals surface area contributed by atoms with Gasteiger partial charge in [-0.2, -0.15) is 0 Å². The molecule has 0 aliphatic rings. The number of carbonyl (C=O) groups excluding carboxylic acids is 2. The van der Waals surface area contributed by atoms with Gasteiger partial charge in [0.05, 0.1) is 10.2 Å². The van der Waals surface area contributed by atoms with Gasteiger partial charge in [-0.05, 0) is 36.6 Å². The number of fused-ring (bicyclic) bond motifs is 1. The molecule has 1 aromatic heterocycles. The summed E-state index contributed by atoms with van der Waals surface area (Å²) in [5.41, 5.74) is 1.94. The van der Waals surface area contributed by atoms with Crippen molar-refractivity contribution in [3.05, 3.63) is 54.1 Å². The Balaban J connectivity index is 1.62. The Labute approximate surface area is 167 Å². The Kier molecular flexibility index (Phi) is 6.26. The lowest BCUT2D eigenvalue weighted by Crippen LogP contribution is -2.48. The van der Waals surface area contributed by atoms with Crippen LogP contribution in [0.5, 0.6) is 5.75 Å². The predicted molar refractivity (Wildman–Crippen MR) is 112 cm³/mol. The molecular weight excluding hydrogens is 374 g/mol. The van der Waals surface area contributed by atoms with Crippen molar-refractivity contribution in [1.82, 2.24) is 10.3 Å². The number of aryl methyl sites for hydroxylation is 1. The van der Waals surface area contributed by atoms with Crippen LogP contribution in [0.15, 0.2) is 48.5 Å². The van der Waals surface area contributed by atoms with E-state index in [0.29, 0.717) is 10.9 Å². The van der Waals surface area contributed by atoms with Gasteiger partial charge < -0.3 is 15.4 Å². The second-order valence-corrected chi connectivity index (χ2v) is 7.85. The van der Waals surface area contributed by atoms with Gasteiger partial charge in [-0.15, -0.1) is 0 Å². The molecule has 2 aromatic carbocycles. The summed E-state index contributed by atoms with van der Waals surface area (Å²) in [6.07, 6.45) is 0. The summed E-state index contributed by atoms with van der Waals surface area (Å²) < 4.78 is 6.46. The molecule has 0 aliphatic carbocycles. The van der Waals surface area contributed by atoms with E-state index in [0.717, 1.165) is 15.8 Å². The lowest BCUT2D eigenvalue weighted by Gasteiger charge is -2.21. The maximum Gasteiger partial charge on any atom is 0.258 e. The number of ether oxygens (including phenoxy) is 1. The monoisotopic (exact) mass is 397 g/mol. The minimum Gasteiger partial charge on any atom is -0.484 e. The normalized spacial score (nSPS) is 12.0. The lowest BCUT2D eigenvalue weighted by atomic mass is 10.0. The second kappa shape index (κ2) is 8.84. The topological polar surface area (TPSA) is 80.3 Å². The number of aromatic nitrogens is 1. The van der Waals surface area contributed by atoms with Crippen molar-refractivity contribution >= 4 is 38.5 Å². The molecule has 146 valence electrons. The first-order chi connectivity index (χ1) is 13.4. The maximum atomic E-state index is 12.7. The summed E-state index contributed by atoms with van der Waals surface area (Å²) >= 11 is 1.41. The highest BCUT2D eigenvalue weighted by atomic mass is 32.1. The number of hydrogen-bond donors (Lipinski definition) is 2. The number of anilines is 1. The average molecular weight is 398 g/mol. The number of nitrogens with one attached hydrogen (secondary N) is 2. The third-order valence-electron chi connectivity index (χ3n) is 4.23. The van der Waals surface area contributed by atoms with Gasteiger partial charge in [0.15, 0.2) is 11.7 Å². The number of rotatable bonds is 7. The maximum absolute atomic E-state index is 12.7. The molecule has 6 nitrogen and oxygen atoms in total. The van der Waals surface area contributed by atoms with E-state index in [4.69, 9.17) is 4.74 Å². The number of hydrogen-bond acceptors (Lipinski definition) is 5. The number of amides is 2. The fraction of sp³-hybridized carbons (Fsp3) is 0.286. The van der Waals surface area contributed by atoms with Gasteiger partial charge in [-0.1, -0.05) is 55.5 Å². The molecule has 2 N–H and O–H groups in total. The van der Waals surface area contributed by atoms with E-state index < -0.39 is 6.04 Å². The van der Waals surface area contributed by atoms with E-state index in [9.17, 15) is 9.59 Å². The van der Waals surface area contributed by atoms with Crippen molar-refractivity contribution in [2.45, 2.75) is 26.8 Å². The molecule has 0 saturated heterocycles. The zero-order valence-corrected chi connectivity index (χ0v) is 16.9. The van der Waals surface area contributed by atoms with Crippen molar-refractivity contribution in [2.75, 3.05) is 11.9 Å². The quantitative estimate of drug-likeness (QED) is 0.636. The SMILES string of the molecule is Cc1cccc2sc(NC(=O)C(NC(=O)COc3ccccc3)C(C)C)nc12. The number of thiazole rings is 1. The highest BCUT2D eigenvalue weighted by Crippen LogP contribution is 2.28. The molecule has 2 amide bonds. The first-order valence-corrected chi connectivity index (χ1v) is 9.90. The highest BCUT2D eigenvalue weighted by molar-refractivity contribution is 7.22. The molecule has 1 heterocycles. The summed E-state index contributed by atoms with van der Waals surface area (Å²) in [7, 11) is 0. The van der Waals surface area contributed by atoms with Gasteiger partial charge in [-0.3, -0.25) is 9.59 Å². The number of nitrogens with zero attached hydrogens (tertiary/aromatic N) is 1. The van der Waals surface area contributed by atoms with Crippen LogP contribution in [0, 0.1) is 12.8 Å². The summed E-state index contributed by atoms with van der Waals surface area (Å²) in [5, 5.41) is 6.11. The van der Waals surface area contributed by atoms with Crippen LogP contribution in [0.4, 0.5) is 5.13 Å².